The molecule has 1 amide bonds. The van der Waals surface area contributed by atoms with E-state index in [1.165, 1.54) is 4.90 Å². The maximum absolute atomic E-state index is 13.4. The fraction of sp³-hybridized carbons (Fsp3) is 0.346. The molecule has 0 aliphatic carbocycles. The molecule has 3 aromatic rings. The van der Waals surface area contributed by atoms with Crippen molar-refractivity contribution >= 4 is 11.9 Å². The molecule has 0 radical (unpaired) electrons. The Labute approximate surface area is 215 Å². The van der Waals surface area contributed by atoms with E-state index in [-0.39, 0.29) is 43.8 Å². The zero-order valence-corrected chi connectivity index (χ0v) is 20.5. The molecule has 2 heterocycles. The summed E-state index contributed by atoms with van der Waals surface area (Å²) in [5.41, 5.74) is -2.73. The number of hydrogen-bond donors (Lipinski definition) is 0. The Kier molecular flexibility index (Phi) is 7.79. The van der Waals surface area contributed by atoms with Gasteiger partial charge in [-0.2, -0.15) is 23.0 Å². The zero-order chi connectivity index (χ0) is 27.4. The van der Waals surface area contributed by atoms with Gasteiger partial charge in [0.25, 0.3) is 11.5 Å². The van der Waals surface area contributed by atoms with Crippen molar-refractivity contribution in [3.63, 3.8) is 0 Å². The van der Waals surface area contributed by atoms with Gasteiger partial charge in [0, 0.05) is 13.1 Å². The van der Waals surface area contributed by atoms with Crippen LogP contribution in [0.2, 0.25) is 0 Å². The van der Waals surface area contributed by atoms with E-state index in [1.807, 2.05) is 0 Å². The van der Waals surface area contributed by atoms with Gasteiger partial charge in [0.15, 0.2) is 0 Å². The van der Waals surface area contributed by atoms with Gasteiger partial charge in [-0.25, -0.2) is 4.79 Å². The molecule has 0 atom stereocenters. The number of piperidine rings is 1. The highest BCUT2D eigenvalue weighted by Crippen LogP contribution is 2.29. The topological polar surface area (TPSA) is 104 Å². The Bertz CT molecular complexity index is 1420. The van der Waals surface area contributed by atoms with Crippen LogP contribution in [0.15, 0.2) is 64.2 Å². The highest BCUT2D eigenvalue weighted by molar-refractivity contribution is 5.92. The first kappa shape index (κ1) is 26.8. The van der Waals surface area contributed by atoms with Crippen LogP contribution >= 0.6 is 0 Å². The molecule has 0 spiro atoms. The molecule has 0 N–H and O–H groups in total. The molecule has 0 bridgehead atoms. The molecule has 1 aromatic heterocycles. The number of benzene rings is 2. The number of halogens is 3. The predicted octanol–water partition coefficient (Wildman–Crippen LogP) is 2.88. The quantitative estimate of drug-likeness (QED) is 0.454. The number of esters is 1. The van der Waals surface area contributed by atoms with Gasteiger partial charge >= 0.3 is 17.8 Å². The van der Waals surface area contributed by atoms with Crippen LogP contribution in [0.5, 0.6) is 0 Å². The van der Waals surface area contributed by atoms with Crippen LogP contribution in [-0.2, 0) is 22.3 Å². The van der Waals surface area contributed by atoms with Crippen LogP contribution in [0.25, 0.3) is 5.69 Å². The van der Waals surface area contributed by atoms with Gasteiger partial charge in [0.05, 0.1) is 30.3 Å². The van der Waals surface area contributed by atoms with Crippen LogP contribution in [0.4, 0.5) is 13.2 Å². The van der Waals surface area contributed by atoms with Crippen molar-refractivity contribution in [1.82, 2.24) is 19.2 Å². The van der Waals surface area contributed by atoms with E-state index < -0.39 is 34.6 Å². The summed E-state index contributed by atoms with van der Waals surface area (Å²) < 4.78 is 45.8. The number of aromatic nitrogens is 3. The minimum Gasteiger partial charge on any atom is -0.466 e. The third kappa shape index (κ3) is 5.68. The second-order valence-corrected chi connectivity index (χ2v) is 8.78. The SMILES string of the molecule is CCOC(=O)C1CCN(C(=O)c2nn(-c3ccc(C(F)(F)F)cc3)c(=O)n(Cc3ccccc3)c2=O)CC1. The Morgan fingerprint density at radius 2 is 1.63 bits per heavy atom. The number of alkyl halides is 3. The second kappa shape index (κ2) is 11.0. The lowest BCUT2D eigenvalue weighted by atomic mass is 9.97. The van der Waals surface area contributed by atoms with E-state index in [0.29, 0.717) is 18.4 Å². The number of amides is 1. The van der Waals surface area contributed by atoms with Crippen LogP contribution < -0.4 is 11.2 Å². The van der Waals surface area contributed by atoms with Crippen molar-refractivity contribution in [3.8, 4) is 5.69 Å². The molecule has 200 valence electrons. The van der Waals surface area contributed by atoms with Crippen molar-refractivity contribution in [2.45, 2.75) is 32.5 Å². The van der Waals surface area contributed by atoms with Gasteiger partial charge in [-0.15, -0.1) is 0 Å². The van der Waals surface area contributed by atoms with Crippen molar-refractivity contribution in [1.29, 1.82) is 0 Å². The molecule has 38 heavy (non-hydrogen) atoms. The summed E-state index contributed by atoms with van der Waals surface area (Å²) in [6.07, 6.45) is -3.91. The lowest BCUT2D eigenvalue weighted by Crippen LogP contribution is -2.48. The number of nitrogens with zero attached hydrogens (tertiary/aromatic N) is 4. The molecule has 2 aromatic carbocycles. The lowest BCUT2D eigenvalue weighted by molar-refractivity contribution is -0.149. The van der Waals surface area contributed by atoms with Gasteiger partial charge < -0.3 is 9.64 Å². The van der Waals surface area contributed by atoms with Gasteiger partial charge in [-0.1, -0.05) is 30.3 Å². The molecule has 12 heteroatoms. The summed E-state index contributed by atoms with van der Waals surface area (Å²) in [7, 11) is 0. The summed E-state index contributed by atoms with van der Waals surface area (Å²) in [5, 5.41) is 4.00. The second-order valence-electron chi connectivity index (χ2n) is 8.78. The van der Waals surface area contributed by atoms with Gasteiger partial charge in [0.2, 0.25) is 5.69 Å². The molecule has 1 aliphatic rings. The number of carbonyl (C=O) groups is 2. The maximum Gasteiger partial charge on any atom is 0.416 e. The minimum atomic E-state index is -4.58. The Morgan fingerprint density at radius 1 is 1.00 bits per heavy atom. The average molecular weight is 531 g/mol. The predicted molar refractivity (Wildman–Crippen MR) is 130 cm³/mol. The number of carbonyl (C=O) groups excluding carboxylic acids is 2. The van der Waals surface area contributed by atoms with Crippen molar-refractivity contribution in [2.24, 2.45) is 5.92 Å². The van der Waals surface area contributed by atoms with E-state index in [2.05, 4.69) is 5.10 Å². The van der Waals surface area contributed by atoms with Crippen LogP contribution in [0.1, 0.15) is 41.4 Å². The normalized spacial score (nSPS) is 14.4. The van der Waals surface area contributed by atoms with E-state index >= 15 is 0 Å². The number of rotatable bonds is 6. The Hall–Kier alpha value is -4.22. The summed E-state index contributed by atoms with van der Waals surface area (Å²) in [6.45, 7) is 2.11. The fourth-order valence-corrected chi connectivity index (χ4v) is 4.24. The van der Waals surface area contributed by atoms with Crippen molar-refractivity contribution in [3.05, 3.63) is 92.3 Å². The lowest BCUT2D eigenvalue weighted by Gasteiger charge is -2.30. The van der Waals surface area contributed by atoms with Crippen LogP contribution in [-0.4, -0.2) is 50.8 Å². The standard InChI is InChI=1S/C26H25F3N4O5/c1-2-38-24(36)18-12-14-31(15-13-18)22(34)21-23(35)32(16-17-6-4-3-5-7-17)25(37)33(30-21)20-10-8-19(9-11-20)26(27,28)29/h3-11,18H,2,12-16H2,1H3. The van der Waals surface area contributed by atoms with E-state index in [4.69, 9.17) is 4.74 Å². The van der Waals surface area contributed by atoms with E-state index in [1.54, 1.807) is 37.3 Å². The number of ether oxygens (including phenoxy) is 1. The Balaban J connectivity index is 1.73. The average Bonchev–Trinajstić information content (AvgIpc) is 2.91. The minimum absolute atomic E-state index is 0.0418. The van der Waals surface area contributed by atoms with Crippen molar-refractivity contribution < 1.29 is 27.5 Å². The molecule has 1 saturated heterocycles. The maximum atomic E-state index is 13.4. The molecule has 0 unspecified atom stereocenters. The van der Waals surface area contributed by atoms with Gasteiger partial charge in [0.1, 0.15) is 0 Å². The highest BCUT2D eigenvalue weighted by atomic mass is 19.4. The highest BCUT2D eigenvalue weighted by Gasteiger charge is 2.32. The fourth-order valence-electron chi connectivity index (χ4n) is 4.24. The summed E-state index contributed by atoms with van der Waals surface area (Å²) >= 11 is 0. The first-order valence-electron chi connectivity index (χ1n) is 12.0. The Morgan fingerprint density at radius 3 is 2.21 bits per heavy atom. The van der Waals surface area contributed by atoms with Gasteiger partial charge in [-0.3, -0.25) is 19.0 Å². The largest absolute Gasteiger partial charge is 0.466 e. The molecule has 0 saturated carbocycles. The summed E-state index contributed by atoms with van der Waals surface area (Å²) in [4.78, 5) is 53.4. The van der Waals surface area contributed by atoms with Crippen molar-refractivity contribution in [2.75, 3.05) is 19.7 Å². The molecule has 1 aliphatic heterocycles. The van der Waals surface area contributed by atoms with Gasteiger partial charge in [-0.05, 0) is 49.6 Å². The number of hydrogen-bond acceptors (Lipinski definition) is 6. The monoisotopic (exact) mass is 530 g/mol. The third-order valence-electron chi connectivity index (χ3n) is 6.29. The number of likely N-dealkylation sites (tertiary alicyclic amines) is 1. The summed E-state index contributed by atoms with van der Waals surface area (Å²) in [6, 6.07) is 12.3. The van der Waals surface area contributed by atoms with Crippen LogP contribution in [0, 0.1) is 5.92 Å². The third-order valence-corrected chi connectivity index (χ3v) is 6.29. The van der Waals surface area contributed by atoms with E-state index in [9.17, 15) is 32.3 Å². The first-order valence-corrected chi connectivity index (χ1v) is 12.0. The molecule has 4 rings (SSSR count). The zero-order valence-electron chi connectivity index (χ0n) is 20.5. The smallest absolute Gasteiger partial charge is 0.416 e. The summed E-state index contributed by atoms with van der Waals surface area (Å²) in [5.74, 6) is -1.46. The molecular weight excluding hydrogens is 505 g/mol. The van der Waals surface area contributed by atoms with E-state index in [0.717, 1.165) is 33.5 Å². The molecule has 1 fully saturated rings. The molecular formula is C26H25F3N4O5. The molecule has 9 nitrogen and oxygen atoms in total. The first-order chi connectivity index (χ1) is 18.1. The van der Waals surface area contributed by atoms with Crippen LogP contribution in [0.3, 0.4) is 0 Å².